The number of halogens is 3. The van der Waals surface area contributed by atoms with E-state index < -0.39 is 33.1 Å². The van der Waals surface area contributed by atoms with Gasteiger partial charge in [-0.2, -0.15) is 13.2 Å². The fourth-order valence-corrected chi connectivity index (χ4v) is 5.21. The van der Waals surface area contributed by atoms with E-state index in [-0.39, 0.29) is 10.6 Å². The van der Waals surface area contributed by atoms with Crippen LogP contribution in [-0.2, 0) is 16.2 Å². The standard InChI is InChI=1S/C24H21F3N2O4S/c1-23(10-11-28-14-23)33-22-12-15(6-8-19(22)24(25,26)27)29-34(30,31)16-7-9-21-18(13-16)17-4-2-3-5-20(17)32-21/h2-9,12-13,28-29H,10-11,14H2,1H3/t23-/m1/s1. The first-order valence-corrected chi connectivity index (χ1v) is 12.1. The smallest absolute Gasteiger partial charge is 0.419 e. The van der Waals surface area contributed by atoms with Crippen molar-refractivity contribution in [1.82, 2.24) is 5.32 Å². The van der Waals surface area contributed by atoms with Crippen LogP contribution in [0.4, 0.5) is 18.9 Å². The minimum atomic E-state index is -4.65. The molecule has 1 atom stereocenters. The van der Waals surface area contributed by atoms with Crippen molar-refractivity contribution in [2.75, 3.05) is 17.8 Å². The van der Waals surface area contributed by atoms with Gasteiger partial charge in [0, 0.05) is 29.8 Å². The number of sulfonamides is 1. The number of anilines is 1. The van der Waals surface area contributed by atoms with Gasteiger partial charge in [-0.05, 0) is 49.9 Å². The van der Waals surface area contributed by atoms with Crippen LogP contribution in [0.1, 0.15) is 18.9 Å². The normalized spacial score (nSPS) is 19.1. The summed E-state index contributed by atoms with van der Waals surface area (Å²) in [5, 5.41) is 4.45. The third kappa shape index (κ3) is 4.19. The molecule has 0 aliphatic carbocycles. The molecule has 0 amide bonds. The van der Waals surface area contributed by atoms with Crippen LogP contribution in [0.15, 0.2) is 70.0 Å². The zero-order chi connectivity index (χ0) is 24.1. The molecule has 6 nitrogen and oxygen atoms in total. The Hall–Kier alpha value is -3.24. The molecule has 1 aliphatic rings. The number of rotatable bonds is 5. The highest BCUT2D eigenvalue weighted by molar-refractivity contribution is 7.92. The van der Waals surface area contributed by atoms with Crippen molar-refractivity contribution >= 4 is 37.6 Å². The van der Waals surface area contributed by atoms with Gasteiger partial charge in [-0.3, -0.25) is 4.72 Å². The molecular weight excluding hydrogens is 469 g/mol. The second kappa shape index (κ2) is 7.92. The van der Waals surface area contributed by atoms with Crippen LogP contribution >= 0.6 is 0 Å². The molecule has 1 aromatic heterocycles. The molecule has 34 heavy (non-hydrogen) atoms. The van der Waals surface area contributed by atoms with Crippen molar-refractivity contribution in [3.63, 3.8) is 0 Å². The van der Waals surface area contributed by atoms with Crippen molar-refractivity contribution in [2.45, 2.75) is 30.0 Å². The van der Waals surface area contributed by atoms with E-state index in [1.54, 1.807) is 19.1 Å². The predicted octanol–water partition coefficient (Wildman–Crippen LogP) is 5.54. The molecular formula is C24H21F3N2O4S. The van der Waals surface area contributed by atoms with Gasteiger partial charge in [-0.25, -0.2) is 8.42 Å². The fraction of sp³-hybridized carbons (Fsp3) is 0.250. The number of alkyl halides is 3. The zero-order valence-corrected chi connectivity index (χ0v) is 18.9. The number of hydrogen-bond acceptors (Lipinski definition) is 5. The van der Waals surface area contributed by atoms with E-state index in [1.165, 1.54) is 12.1 Å². The Labute approximate surface area is 193 Å². The number of nitrogens with one attached hydrogen (secondary N) is 2. The lowest BCUT2D eigenvalue weighted by Crippen LogP contribution is -2.35. The van der Waals surface area contributed by atoms with Gasteiger partial charge in [0.2, 0.25) is 0 Å². The van der Waals surface area contributed by atoms with Crippen molar-refractivity contribution < 1.29 is 30.7 Å². The predicted molar refractivity (Wildman–Crippen MR) is 122 cm³/mol. The van der Waals surface area contributed by atoms with Gasteiger partial charge < -0.3 is 14.5 Å². The molecule has 1 fully saturated rings. The Morgan fingerprint density at radius 3 is 2.53 bits per heavy atom. The molecule has 178 valence electrons. The maximum Gasteiger partial charge on any atom is 0.419 e. The summed E-state index contributed by atoms with van der Waals surface area (Å²) >= 11 is 0. The lowest BCUT2D eigenvalue weighted by atomic mass is 10.1. The highest BCUT2D eigenvalue weighted by Gasteiger charge is 2.38. The third-order valence-corrected chi connectivity index (χ3v) is 7.26. The lowest BCUT2D eigenvalue weighted by Gasteiger charge is -2.27. The SMILES string of the molecule is C[C@@]1(Oc2cc(NS(=O)(=O)c3ccc4oc5ccccc5c4c3)ccc2C(F)(F)F)CCNC1. The van der Waals surface area contributed by atoms with Crippen LogP contribution in [0.25, 0.3) is 21.9 Å². The van der Waals surface area contributed by atoms with Gasteiger partial charge in [0.15, 0.2) is 0 Å². The van der Waals surface area contributed by atoms with Crippen molar-refractivity contribution in [1.29, 1.82) is 0 Å². The monoisotopic (exact) mass is 490 g/mol. The molecule has 0 spiro atoms. The maximum atomic E-state index is 13.6. The van der Waals surface area contributed by atoms with Gasteiger partial charge >= 0.3 is 6.18 Å². The van der Waals surface area contributed by atoms with E-state index in [1.807, 2.05) is 18.2 Å². The molecule has 3 aromatic carbocycles. The highest BCUT2D eigenvalue weighted by Crippen LogP contribution is 2.40. The molecule has 0 unspecified atom stereocenters. The maximum absolute atomic E-state index is 13.6. The van der Waals surface area contributed by atoms with Crippen LogP contribution < -0.4 is 14.8 Å². The summed E-state index contributed by atoms with van der Waals surface area (Å²) in [4.78, 5) is -0.0409. The minimum Gasteiger partial charge on any atom is -0.485 e. The van der Waals surface area contributed by atoms with Gasteiger partial charge in [-0.15, -0.1) is 0 Å². The number of para-hydroxylation sites is 1. The zero-order valence-electron chi connectivity index (χ0n) is 18.1. The van der Waals surface area contributed by atoms with E-state index in [4.69, 9.17) is 9.15 Å². The van der Waals surface area contributed by atoms with Crippen LogP contribution in [0.5, 0.6) is 5.75 Å². The Morgan fingerprint density at radius 1 is 1.03 bits per heavy atom. The topological polar surface area (TPSA) is 80.6 Å². The summed E-state index contributed by atoms with van der Waals surface area (Å²) in [5.41, 5.74) is -0.669. The van der Waals surface area contributed by atoms with Crippen molar-refractivity contribution in [3.8, 4) is 5.75 Å². The summed E-state index contributed by atoms with van der Waals surface area (Å²) in [6.07, 6.45) is -4.12. The molecule has 1 aliphatic heterocycles. The van der Waals surface area contributed by atoms with Gasteiger partial charge in [0.1, 0.15) is 22.5 Å². The van der Waals surface area contributed by atoms with Crippen LogP contribution in [0.3, 0.4) is 0 Å². The van der Waals surface area contributed by atoms with E-state index in [2.05, 4.69) is 10.0 Å². The molecule has 0 radical (unpaired) electrons. The summed E-state index contributed by atoms with van der Waals surface area (Å²) in [5.74, 6) is -0.421. The lowest BCUT2D eigenvalue weighted by molar-refractivity contribution is -0.139. The minimum absolute atomic E-state index is 0.0327. The third-order valence-electron chi connectivity index (χ3n) is 5.88. The largest absolute Gasteiger partial charge is 0.485 e. The molecule has 4 aromatic rings. The second-order valence-corrected chi connectivity index (χ2v) is 10.2. The summed E-state index contributed by atoms with van der Waals surface area (Å²) in [7, 11) is -4.10. The molecule has 1 saturated heterocycles. The van der Waals surface area contributed by atoms with E-state index in [9.17, 15) is 21.6 Å². The van der Waals surface area contributed by atoms with Gasteiger partial charge in [0.05, 0.1) is 16.1 Å². The number of hydrogen-bond donors (Lipinski definition) is 2. The molecule has 2 heterocycles. The number of benzene rings is 3. The van der Waals surface area contributed by atoms with Gasteiger partial charge in [-0.1, -0.05) is 18.2 Å². The van der Waals surface area contributed by atoms with Crippen LogP contribution in [0, 0.1) is 0 Å². The van der Waals surface area contributed by atoms with E-state index in [0.29, 0.717) is 36.1 Å². The van der Waals surface area contributed by atoms with Gasteiger partial charge in [0.25, 0.3) is 10.0 Å². The first-order chi connectivity index (χ1) is 16.0. The van der Waals surface area contributed by atoms with Crippen LogP contribution in [-0.4, -0.2) is 27.1 Å². The Morgan fingerprint density at radius 2 is 1.79 bits per heavy atom. The van der Waals surface area contributed by atoms with Crippen LogP contribution in [0.2, 0.25) is 0 Å². The quantitative estimate of drug-likeness (QED) is 0.384. The number of ether oxygens (including phenoxy) is 1. The first-order valence-electron chi connectivity index (χ1n) is 10.6. The highest BCUT2D eigenvalue weighted by atomic mass is 32.2. The molecule has 0 saturated carbocycles. The Bertz CT molecular complexity index is 1490. The van der Waals surface area contributed by atoms with E-state index in [0.717, 1.165) is 23.6 Å². The molecule has 5 rings (SSSR count). The summed E-state index contributed by atoms with van der Waals surface area (Å²) < 4.78 is 80.8. The average Bonchev–Trinajstić information content (AvgIpc) is 3.35. The van der Waals surface area contributed by atoms with Crippen molar-refractivity contribution in [3.05, 3.63) is 66.2 Å². The first kappa shape index (κ1) is 22.5. The summed E-state index contributed by atoms with van der Waals surface area (Å²) in [6.45, 7) is 2.72. The molecule has 0 bridgehead atoms. The second-order valence-electron chi connectivity index (χ2n) is 8.55. The Balaban J connectivity index is 1.50. The molecule has 10 heteroatoms. The van der Waals surface area contributed by atoms with E-state index >= 15 is 0 Å². The molecule has 2 N–H and O–H groups in total. The Kier molecular flexibility index (Phi) is 5.25. The number of fused-ring (bicyclic) bond motifs is 3. The van der Waals surface area contributed by atoms with Crippen molar-refractivity contribution in [2.24, 2.45) is 0 Å². The fourth-order valence-electron chi connectivity index (χ4n) is 4.14. The number of furan rings is 1. The average molecular weight is 491 g/mol. The summed E-state index contributed by atoms with van der Waals surface area (Å²) in [6, 6.07) is 14.6.